The monoisotopic (exact) mass is 429 g/mol. The van der Waals surface area contributed by atoms with E-state index >= 15 is 0 Å². The molecular formula is C24H35N3O4. The first-order valence-corrected chi connectivity index (χ1v) is 11.3. The van der Waals surface area contributed by atoms with Crippen LogP contribution in [0.2, 0.25) is 0 Å². The Balaban J connectivity index is 1.76. The standard InChI is InChI=1S/C24H35N3O4/c1-5-30-22(28)13-11-18-10-12-21(25-16-18)27(23(29)31-24(2,3)4)20-14-15-26(17-20)19-8-6-7-9-19/h10-13,16,19-20H,5-9,14-15,17H2,1-4H3/b13-11+/t20-/m1/s1. The van der Waals surface area contributed by atoms with Gasteiger partial charge in [0.2, 0.25) is 0 Å². The van der Waals surface area contributed by atoms with Gasteiger partial charge < -0.3 is 9.47 Å². The second-order valence-electron chi connectivity index (χ2n) is 9.26. The molecule has 0 unspecified atom stereocenters. The minimum atomic E-state index is -0.582. The Morgan fingerprint density at radius 1 is 1.23 bits per heavy atom. The van der Waals surface area contributed by atoms with Crippen LogP contribution in [0.3, 0.4) is 0 Å². The SMILES string of the molecule is CCOC(=O)/C=C/c1ccc(N(C(=O)OC(C)(C)C)[C@@H]2CCN(C3CCCC3)C2)nc1. The Morgan fingerprint density at radius 3 is 2.58 bits per heavy atom. The molecule has 0 N–H and O–H groups in total. The predicted octanol–water partition coefficient (Wildman–Crippen LogP) is 4.42. The van der Waals surface area contributed by atoms with E-state index < -0.39 is 5.60 Å². The third-order valence-corrected chi connectivity index (χ3v) is 5.71. The van der Waals surface area contributed by atoms with Crippen molar-refractivity contribution in [2.75, 3.05) is 24.6 Å². The van der Waals surface area contributed by atoms with Gasteiger partial charge in [-0.05, 0) is 70.7 Å². The first kappa shape index (κ1) is 23.3. The van der Waals surface area contributed by atoms with Crippen molar-refractivity contribution in [1.82, 2.24) is 9.88 Å². The highest BCUT2D eigenvalue weighted by molar-refractivity contribution is 5.88. The summed E-state index contributed by atoms with van der Waals surface area (Å²) in [7, 11) is 0. The van der Waals surface area contributed by atoms with E-state index in [-0.39, 0.29) is 18.1 Å². The maximum Gasteiger partial charge on any atom is 0.416 e. The van der Waals surface area contributed by atoms with Crippen molar-refractivity contribution in [2.45, 2.75) is 77.5 Å². The molecule has 1 amide bonds. The Morgan fingerprint density at radius 2 is 1.97 bits per heavy atom. The molecule has 1 saturated carbocycles. The van der Waals surface area contributed by atoms with Gasteiger partial charge >= 0.3 is 12.1 Å². The summed E-state index contributed by atoms with van der Waals surface area (Å²) in [6, 6.07) is 4.32. The van der Waals surface area contributed by atoms with Crippen molar-refractivity contribution in [2.24, 2.45) is 0 Å². The van der Waals surface area contributed by atoms with E-state index in [1.54, 1.807) is 24.1 Å². The average Bonchev–Trinajstić information content (AvgIpc) is 3.38. The molecule has 0 bridgehead atoms. The topological polar surface area (TPSA) is 72.0 Å². The highest BCUT2D eigenvalue weighted by Gasteiger charge is 2.37. The molecule has 2 heterocycles. The van der Waals surface area contributed by atoms with Gasteiger partial charge in [0.1, 0.15) is 11.4 Å². The van der Waals surface area contributed by atoms with E-state index in [9.17, 15) is 9.59 Å². The van der Waals surface area contributed by atoms with E-state index in [4.69, 9.17) is 9.47 Å². The number of nitrogens with zero attached hydrogens (tertiary/aromatic N) is 3. The summed E-state index contributed by atoms with van der Waals surface area (Å²) in [6.07, 6.45) is 10.3. The van der Waals surface area contributed by atoms with Gasteiger partial charge in [-0.15, -0.1) is 0 Å². The minimum absolute atomic E-state index is 0.0314. The molecule has 1 aliphatic heterocycles. The minimum Gasteiger partial charge on any atom is -0.463 e. The van der Waals surface area contributed by atoms with Crippen LogP contribution < -0.4 is 4.90 Å². The fraction of sp³-hybridized carbons (Fsp3) is 0.625. The molecule has 1 aromatic heterocycles. The van der Waals surface area contributed by atoms with Gasteiger partial charge in [0.05, 0.1) is 12.6 Å². The zero-order chi connectivity index (χ0) is 22.4. The molecule has 3 rings (SSSR count). The molecule has 2 aliphatic rings. The highest BCUT2D eigenvalue weighted by atomic mass is 16.6. The summed E-state index contributed by atoms with van der Waals surface area (Å²) in [5.41, 5.74) is 0.182. The van der Waals surface area contributed by atoms with Gasteiger partial charge in [-0.3, -0.25) is 9.80 Å². The molecule has 1 saturated heterocycles. The number of likely N-dealkylation sites (tertiary alicyclic amines) is 1. The molecule has 1 aromatic rings. The summed E-state index contributed by atoms with van der Waals surface area (Å²) in [6.45, 7) is 9.57. The van der Waals surface area contributed by atoms with Crippen molar-refractivity contribution >= 4 is 24.0 Å². The van der Waals surface area contributed by atoms with Crippen LogP contribution in [0.15, 0.2) is 24.4 Å². The molecule has 0 aromatic carbocycles. The Bertz CT molecular complexity index is 779. The molecule has 170 valence electrons. The van der Waals surface area contributed by atoms with Gasteiger partial charge in [-0.25, -0.2) is 14.6 Å². The molecule has 0 spiro atoms. The van der Waals surface area contributed by atoms with Gasteiger partial charge in [-0.2, -0.15) is 0 Å². The number of aromatic nitrogens is 1. The number of hydrogen-bond donors (Lipinski definition) is 0. The lowest BCUT2D eigenvalue weighted by atomic mass is 10.2. The number of anilines is 1. The van der Waals surface area contributed by atoms with Crippen molar-refractivity contribution in [3.63, 3.8) is 0 Å². The normalized spacial score (nSPS) is 20.3. The smallest absolute Gasteiger partial charge is 0.416 e. The number of carbonyl (C=O) groups is 2. The Hall–Kier alpha value is -2.41. The quantitative estimate of drug-likeness (QED) is 0.492. The Kier molecular flexibility index (Phi) is 7.70. The maximum absolute atomic E-state index is 13.1. The summed E-state index contributed by atoms with van der Waals surface area (Å²) in [5.74, 6) is 0.181. The van der Waals surface area contributed by atoms with Crippen LogP contribution in [0.5, 0.6) is 0 Å². The second-order valence-corrected chi connectivity index (χ2v) is 9.26. The largest absolute Gasteiger partial charge is 0.463 e. The number of hydrogen-bond acceptors (Lipinski definition) is 6. The summed E-state index contributed by atoms with van der Waals surface area (Å²) < 4.78 is 10.6. The number of esters is 1. The lowest BCUT2D eigenvalue weighted by Crippen LogP contribution is -2.46. The number of amides is 1. The van der Waals surface area contributed by atoms with Crippen molar-refractivity contribution in [3.05, 3.63) is 30.0 Å². The Labute approximate surface area is 185 Å². The summed E-state index contributed by atoms with van der Waals surface area (Å²) >= 11 is 0. The second kappa shape index (κ2) is 10.3. The van der Waals surface area contributed by atoms with Gasteiger partial charge in [0.15, 0.2) is 0 Å². The van der Waals surface area contributed by atoms with Gasteiger partial charge in [0.25, 0.3) is 0 Å². The molecule has 7 nitrogen and oxygen atoms in total. The van der Waals surface area contributed by atoms with Crippen molar-refractivity contribution in [1.29, 1.82) is 0 Å². The zero-order valence-corrected chi connectivity index (χ0v) is 19.2. The first-order valence-electron chi connectivity index (χ1n) is 11.3. The molecule has 0 radical (unpaired) electrons. The van der Waals surface area contributed by atoms with Crippen LogP contribution in [0.25, 0.3) is 6.08 Å². The third-order valence-electron chi connectivity index (χ3n) is 5.71. The molecule has 2 fully saturated rings. The van der Waals surface area contributed by atoms with E-state index in [1.807, 2.05) is 32.9 Å². The summed E-state index contributed by atoms with van der Waals surface area (Å²) in [4.78, 5) is 33.4. The fourth-order valence-electron chi connectivity index (χ4n) is 4.31. The van der Waals surface area contributed by atoms with E-state index in [0.717, 1.165) is 25.1 Å². The average molecular weight is 430 g/mol. The summed E-state index contributed by atoms with van der Waals surface area (Å²) in [5, 5.41) is 0. The van der Waals surface area contributed by atoms with E-state index in [1.165, 1.54) is 31.8 Å². The number of carbonyl (C=O) groups excluding carboxylic acids is 2. The van der Waals surface area contributed by atoms with Crippen LogP contribution in [0.1, 0.15) is 65.4 Å². The fourth-order valence-corrected chi connectivity index (χ4v) is 4.31. The number of rotatable bonds is 6. The lowest BCUT2D eigenvalue weighted by Gasteiger charge is -2.31. The third kappa shape index (κ3) is 6.53. The lowest BCUT2D eigenvalue weighted by molar-refractivity contribution is -0.137. The van der Waals surface area contributed by atoms with Crippen molar-refractivity contribution < 1.29 is 19.1 Å². The van der Waals surface area contributed by atoms with Crippen LogP contribution in [-0.2, 0) is 14.3 Å². The molecular weight excluding hydrogens is 394 g/mol. The van der Waals surface area contributed by atoms with Crippen LogP contribution in [0, 0.1) is 0 Å². The number of pyridine rings is 1. The molecule has 1 aliphatic carbocycles. The predicted molar refractivity (Wildman–Crippen MR) is 121 cm³/mol. The van der Waals surface area contributed by atoms with Gasteiger partial charge in [0, 0.05) is 31.4 Å². The molecule has 7 heteroatoms. The molecule has 1 atom stereocenters. The van der Waals surface area contributed by atoms with Gasteiger partial charge in [-0.1, -0.05) is 12.8 Å². The van der Waals surface area contributed by atoms with Crippen LogP contribution >= 0.6 is 0 Å². The number of ether oxygens (including phenoxy) is 2. The molecule has 31 heavy (non-hydrogen) atoms. The zero-order valence-electron chi connectivity index (χ0n) is 19.2. The van der Waals surface area contributed by atoms with E-state index in [0.29, 0.717) is 18.5 Å². The van der Waals surface area contributed by atoms with Crippen LogP contribution in [-0.4, -0.2) is 59.3 Å². The van der Waals surface area contributed by atoms with E-state index in [2.05, 4.69) is 9.88 Å². The maximum atomic E-state index is 13.1. The highest BCUT2D eigenvalue weighted by Crippen LogP contribution is 2.30. The first-order chi connectivity index (χ1) is 14.8. The van der Waals surface area contributed by atoms with Crippen LogP contribution in [0.4, 0.5) is 10.6 Å². The van der Waals surface area contributed by atoms with Crippen molar-refractivity contribution in [3.8, 4) is 0 Å².